The van der Waals surface area contributed by atoms with Crippen molar-refractivity contribution in [3.8, 4) is 5.75 Å². The predicted octanol–water partition coefficient (Wildman–Crippen LogP) is 6.36. The van der Waals surface area contributed by atoms with Crippen molar-refractivity contribution in [2.75, 3.05) is 11.4 Å². The molecule has 134 valence electrons. The van der Waals surface area contributed by atoms with Gasteiger partial charge in [-0.1, -0.05) is 35.9 Å². The van der Waals surface area contributed by atoms with Gasteiger partial charge in [0.25, 0.3) is 0 Å². The Morgan fingerprint density at radius 2 is 1.81 bits per heavy atom. The van der Waals surface area contributed by atoms with Crippen molar-refractivity contribution in [3.63, 3.8) is 0 Å². The second-order valence-electron chi connectivity index (χ2n) is 7.16. The second-order valence-corrected chi connectivity index (χ2v) is 8.52. The molecule has 1 unspecified atom stereocenters. The van der Waals surface area contributed by atoms with Crippen LogP contribution in [0.5, 0.6) is 5.75 Å². The molecule has 1 aliphatic rings. The number of hydrogen-bond donors (Lipinski definition) is 0. The van der Waals surface area contributed by atoms with E-state index in [2.05, 4.69) is 60.5 Å². The van der Waals surface area contributed by atoms with Crippen LogP contribution in [0.2, 0.25) is 5.02 Å². The van der Waals surface area contributed by atoms with Crippen molar-refractivity contribution in [1.29, 1.82) is 0 Å². The molecule has 0 spiro atoms. The third kappa shape index (κ3) is 3.34. The molecule has 26 heavy (non-hydrogen) atoms. The first-order valence-electron chi connectivity index (χ1n) is 8.87. The molecule has 0 N–H and O–H groups in total. The Balaban J connectivity index is 1.74. The largest absolute Gasteiger partial charge is 0.485 e. The molecule has 0 saturated carbocycles. The molecular formula is C22H22ClNOS. The fraction of sp³-hybridized carbons (Fsp3) is 0.273. The highest BCUT2D eigenvalue weighted by molar-refractivity contribution is 7.14. The highest BCUT2D eigenvalue weighted by atomic mass is 35.5. The van der Waals surface area contributed by atoms with Crippen LogP contribution in [0.4, 0.5) is 5.00 Å². The molecule has 1 aromatic heterocycles. The van der Waals surface area contributed by atoms with Crippen LogP contribution in [0.3, 0.4) is 0 Å². The molecule has 1 aliphatic heterocycles. The van der Waals surface area contributed by atoms with Crippen molar-refractivity contribution in [1.82, 2.24) is 0 Å². The quantitative estimate of drug-likeness (QED) is 0.519. The summed E-state index contributed by atoms with van der Waals surface area (Å²) >= 11 is 7.81. The lowest BCUT2D eigenvalue weighted by Crippen LogP contribution is -2.49. The topological polar surface area (TPSA) is 12.5 Å². The molecule has 0 radical (unpaired) electrons. The van der Waals surface area contributed by atoms with Crippen LogP contribution in [0.15, 0.2) is 66.0 Å². The minimum absolute atomic E-state index is 0.141. The fourth-order valence-electron chi connectivity index (χ4n) is 3.85. The number of ether oxygens (including phenoxy) is 1. The van der Waals surface area contributed by atoms with Gasteiger partial charge in [0.15, 0.2) is 0 Å². The fourth-order valence-corrected chi connectivity index (χ4v) is 4.76. The van der Waals surface area contributed by atoms with E-state index in [9.17, 15) is 0 Å². The van der Waals surface area contributed by atoms with E-state index in [-0.39, 0.29) is 6.04 Å². The Labute approximate surface area is 164 Å². The summed E-state index contributed by atoms with van der Waals surface area (Å²) in [4.78, 5) is 2.49. The number of halogens is 1. The van der Waals surface area contributed by atoms with Crippen molar-refractivity contribution in [2.24, 2.45) is 0 Å². The smallest absolute Gasteiger partial charge is 0.128 e. The first-order valence-corrected chi connectivity index (χ1v) is 10.1. The highest BCUT2D eigenvalue weighted by Crippen LogP contribution is 2.43. The third-order valence-electron chi connectivity index (χ3n) is 4.93. The van der Waals surface area contributed by atoms with Crippen molar-refractivity contribution in [2.45, 2.75) is 31.9 Å². The molecule has 2 nitrogen and oxygen atoms in total. The summed E-state index contributed by atoms with van der Waals surface area (Å²) in [5, 5.41) is 4.15. The predicted molar refractivity (Wildman–Crippen MR) is 111 cm³/mol. The van der Waals surface area contributed by atoms with Crippen LogP contribution in [0, 0.1) is 0 Å². The molecule has 3 aromatic rings. The van der Waals surface area contributed by atoms with E-state index >= 15 is 0 Å². The van der Waals surface area contributed by atoms with Gasteiger partial charge in [-0.15, -0.1) is 11.3 Å². The van der Waals surface area contributed by atoms with Gasteiger partial charge >= 0.3 is 0 Å². The van der Waals surface area contributed by atoms with Gasteiger partial charge in [-0.25, -0.2) is 0 Å². The number of thiophene rings is 1. The molecule has 4 rings (SSSR count). The molecule has 0 saturated heterocycles. The van der Waals surface area contributed by atoms with Gasteiger partial charge in [-0.3, -0.25) is 0 Å². The molecule has 2 heterocycles. The maximum atomic E-state index is 6.49. The van der Waals surface area contributed by atoms with Crippen LogP contribution in [-0.4, -0.2) is 12.1 Å². The minimum Gasteiger partial charge on any atom is -0.485 e. The summed E-state index contributed by atoms with van der Waals surface area (Å²) in [6, 6.07) is 20.8. The van der Waals surface area contributed by atoms with E-state index in [1.54, 1.807) is 11.3 Å². The molecule has 0 aliphatic carbocycles. The Morgan fingerprint density at radius 1 is 1.04 bits per heavy atom. The average molecular weight is 384 g/mol. The van der Waals surface area contributed by atoms with Gasteiger partial charge < -0.3 is 9.64 Å². The number of anilines is 1. The highest BCUT2D eigenvalue weighted by Gasteiger charge is 2.41. The number of hydrogen-bond acceptors (Lipinski definition) is 3. The van der Waals surface area contributed by atoms with Crippen molar-refractivity contribution < 1.29 is 4.74 Å². The van der Waals surface area contributed by atoms with Gasteiger partial charge in [-0.05, 0) is 73.2 Å². The van der Waals surface area contributed by atoms with Crippen LogP contribution >= 0.6 is 22.9 Å². The standard InChI is InChI=1S/C22H22ClNOS/c1-22(2,25-18-11-9-17(23)10-12-18)21-19-7-4-3-6-16(19)13-14-24(21)20-8-5-15-26-20/h3-12,15,21H,13-14H2,1-2H3. The Hall–Kier alpha value is -1.97. The second kappa shape index (κ2) is 6.98. The maximum absolute atomic E-state index is 6.49. The van der Waals surface area contributed by atoms with E-state index in [0.717, 1.165) is 23.7 Å². The average Bonchev–Trinajstić information content (AvgIpc) is 3.17. The van der Waals surface area contributed by atoms with Crippen molar-refractivity contribution >= 4 is 27.9 Å². The molecule has 0 bridgehead atoms. The first kappa shape index (κ1) is 17.4. The first-order chi connectivity index (χ1) is 12.5. The summed E-state index contributed by atoms with van der Waals surface area (Å²) in [7, 11) is 0. The molecule has 2 aromatic carbocycles. The molecule has 1 atom stereocenters. The molecule has 0 fully saturated rings. The van der Waals surface area contributed by atoms with Gasteiger partial charge in [0.05, 0.1) is 11.0 Å². The zero-order valence-corrected chi connectivity index (χ0v) is 16.6. The molecular weight excluding hydrogens is 362 g/mol. The van der Waals surface area contributed by atoms with Gasteiger partial charge in [0, 0.05) is 11.6 Å². The van der Waals surface area contributed by atoms with E-state index in [4.69, 9.17) is 16.3 Å². The van der Waals surface area contributed by atoms with E-state index in [1.807, 2.05) is 24.3 Å². The Kier molecular flexibility index (Phi) is 4.68. The molecule has 0 amide bonds. The van der Waals surface area contributed by atoms with Gasteiger partial charge in [-0.2, -0.15) is 0 Å². The van der Waals surface area contributed by atoms with Gasteiger partial charge in [0.1, 0.15) is 11.4 Å². The lowest BCUT2D eigenvalue weighted by atomic mass is 9.83. The van der Waals surface area contributed by atoms with Crippen LogP contribution in [-0.2, 0) is 6.42 Å². The van der Waals surface area contributed by atoms with Crippen LogP contribution in [0.1, 0.15) is 31.0 Å². The van der Waals surface area contributed by atoms with E-state index < -0.39 is 5.60 Å². The minimum atomic E-state index is -0.408. The summed E-state index contributed by atoms with van der Waals surface area (Å²) in [5.74, 6) is 0.841. The van der Waals surface area contributed by atoms with Crippen LogP contribution in [0.25, 0.3) is 0 Å². The number of rotatable bonds is 4. The number of fused-ring (bicyclic) bond motifs is 1. The summed E-state index contributed by atoms with van der Waals surface area (Å²) in [6.45, 7) is 5.35. The molecule has 4 heteroatoms. The number of benzene rings is 2. The Morgan fingerprint density at radius 3 is 2.54 bits per heavy atom. The monoisotopic (exact) mass is 383 g/mol. The van der Waals surface area contributed by atoms with E-state index in [1.165, 1.54) is 16.1 Å². The SMILES string of the molecule is CC(C)(Oc1ccc(Cl)cc1)C1c2ccccc2CCN1c1cccs1. The van der Waals surface area contributed by atoms with Gasteiger partial charge in [0.2, 0.25) is 0 Å². The normalized spacial score (nSPS) is 17.0. The summed E-state index contributed by atoms with van der Waals surface area (Å²) in [6.07, 6.45) is 1.06. The maximum Gasteiger partial charge on any atom is 0.128 e. The van der Waals surface area contributed by atoms with E-state index in [0.29, 0.717) is 0 Å². The summed E-state index contributed by atoms with van der Waals surface area (Å²) in [5.41, 5.74) is 2.36. The number of nitrogens with zero attached hydrogens (tertiary/aromatic N) is 1. The van der Waals surface area contributed by atoms with Crippen molar-refractivity contribution in [3.05, 3.63) is 82.2 Å². The van der Waals surface area contributed by atoms with Crippen LogP contribution < -0.4 is 9.64 Å². The third-order valence-corrected chi connectivity index (χ3v) is 6.08. The lowest BCUT2D eigenvalue weighted by Gasteiger charge is -2.46. The lowest BCUT2D eigenvalue weighted by molar-refractivity contribution is 0.0736. The zero-order chi connectivity index (χ0) is 18.1. The zero-order valence-electron chi connectivity index (χ0n) is 15.0. The Bertz CT molecular complexity index is 873. The summed E-state index contributed by atoms with van der Waals surface area (Å²) < 4.78 is 6.49.